The highest BCUT2D eigenvalue weighted by molar-refractivity contribution is 5.56. The van der Waals surface area contributed by atoms with E-state index in [0.717, 1.165) is 11.4 Å². The molecule has 22 heavy (non-hydrogen) atoms. The van der Waals surface area contributed by atoms with Crippen molar-refractivity contribution in [2.45, 2.75) is 0 Å². The number of nitrogens with zero attached hydrogens (tertiary/aromatic N) is 3. The number of pyridine rings is 1. The van der Waals surface area contributed by atoms with E-state index in [1.54, 1.807) is 43.9 Å². The van der Waals surface area contributed by atoms with Gasteiger partial charge in [-0.25, -0.2) is 4.98 Å². The zero-order chi connectivity index (χ0) is 15.2. The Hall–Kier alpha value is -3.15. The summed E-state index contributed by atoms with van der Waals surface area (Å²) in [6.07, 6.45) is 4.99. The monoisotopic (exact) mass is 294 g/mol. The Labute approximate surface area is 127 Å². The van der Waals surface area contributed by atoms with Gasteiger partial charge in [-0.1, -0.05) is 6.07 Å². The van der Waals surface area contributed by atoms with Gasteiger partial charge in [0, 0.05) is 36.4 Å². The van der Waals surface area contributed by atoms with E-state index in [0.29, 0.717) is 17.6 Å². The summed E-state index contributed by atoms with van der Waals surface area (Å²) in [6.45, 7) is 0. The predicted octanol–water partition coefficient (Wildman–Crippen LogP) is 3.42. The van der Waals surface area contributed by atoms with E-state index in [1.165, 1.54) is 0 Å². The Morgan fingerprint density at radius 2 is 1.82 bits per heavy atom. The van der Waals surface area contributed by atoms with Gasteiger partial charge in [-0.05, 0) is 24.3 Å². The van der Waals surface area contributed by atoms with Gasteiger partial charge in [0.05, 0.1) is 7.11 Å². The Morgan fingerprint density at radius 3 is 2.64 bits per heavy atom. The molecule has 1 aromatic carbocycles. The van der Waals surface area contributed by atoms with Crippen LogP contribution in [-0.4, -0.2) is 22.1 Å². The summed E-state index contributed by atoms with van der Waals surface area (Å²) >= 11 is 0. The standard InChI is InChI=1S/C16H14N4O2/c1-21-15-7-10-18-16(20-15)19-12-3-2-4-14(11-12)22-13-5-8-17-9-6-13/h2-11H,1H3,(H,18,19,20). The van der Waals surface area contributed by atoms with Crippen molar-refractivity contribution in [2.75, 3.05) is 12.4 Å². The lowest BCUT2D eigenvalue weighted by Crippen LogP contribution is -1.98. The van der Waals surface area contributed by atoms with Crippen molar-refractivity contribution in [1.29, 1.82) is 0 Å². The Balaban J connectivity index is 1.76. The van der Waals surface area contributed by atoms with E-state index in [4.69, 9.17) is 9.47 Å². The molecule has 2 heterocycles. The maximum absolute atomic E-state index is 5.76. The number of methoxy groups -OCH3 is 1. The Morgan fingerprint density at radius 1 is 0.955 bits per heavy atom. The number of aromatic nitrogens is 3. The van der Waals surface area contributed by atoms with Gasteiger partial charge in [0.15, 0.2) is 0 Å². The summed E-state index contributed by atoms with van der Waals surface area (Å²) < 4.78 is 10.8. The molecule has 3 rings (SSSR count). The number of nitrogens with one attached hydrogen (secondary N) is 1. The smallest absolute Gasteiger partial charge is 0.230 e. The molecule has 0 fully saturated rings. The highest BCUT2D eigenvalue weighted by atomic mass is 16.5. The maximum atomic E-state index is 5.76. The quantitative estimate of drug-likeness (QED) is 0.777. The third-order valence-corrected chi connectivity index (χ3v) is 2.81. The van der Waals surface area contributed by atoms with Crippen molar-refractivity contribution >= 4 is 11.6 Å². The normalized spacial score (nSPS) is 10.0. The molecule has 0 saturated carbocycles. The second kappa shape index (κ2) is 6.53. The van der Waals surface area contributed by atoms with Crippen LogP contribution in [0, 0.1) is 0 Å². The number of anilines is 2. The maximum Gasteiger partial charge on any atom is 0.230 e. The van der Waals surface area contributed by atoms with Crippen molar-refractivity contribution in [3.8, 4) is 17.4 Å². The molecule has 0 bridgehead atoms. The molecule has 0 amide bonds. The fourth-order valence-corrected chi connectivity index (χ4v) is 1.82. The van der Waals surface area contributed by atoms with E-state index < -0.39 is 0 Å². The molecule has 2 aromatic heterocycles. The number of hydrogen-bond acceptors (Lipinski definition) is 6. The van der Waals surface area contributed by atoms with Gasteiger partial charge in [-0.15, -0.1) is 0 Å². The molecular weight excluding hydrogens is 280 g/mol. The van der Waals surface area contributed by atoms with Crippen molar-refractivity contribution < 1.29 is 9.47 Å². The highest BCUT2D eigenvalue weighted by Crippen LogP contribution is 2.24. The van der Waals surface area contributed by atoms with Crippen LogP contribution in [0.2, 0.25) is 0 Å². The molecule has 3 aromatic rings. The van der Waals surface area contributed by atoms with E-state index in [-0.39, 0.29) is 0 Å². The lowest BCUT2D eigenvalue weighted by atomic mass is 10.3. The van der Waals surface area contributed by atoms with E-state index >= 15 is 0 Å². The molecule has 0 radical (unpaired) electrons. The molecule has 0 saturated heterocycles. The fourth-order valence-electron chi connectivity index (χ4n) is 1.82. The molecule has 0 aliphatic heterocycles. The second-order valence-electron chi connectivity index (χ2n) is 4.36. The summed E-state index contributed by atoms with van der Waals surface area (Å²) in [6, 6.07) is 12.8. The average Bonchev–Trinajstić information content (AvgIpc) is 2.56. The van der Waals surface area contributed by atoms with Crippen molar-refractivity contribution in [3.05, 3.63) is 61.1 Å². The van der Waals surface area contributed by atoms with Gasteiger partial charge >= 0.3 is 0 Å². The second-order valence-corrected chi connectivity index (χ2v) is 4.36. The van der Waals surface area contributed by atoms with E-state index in [9.17, 15) is 0 Å². The first-order valence-electron chi connectivity index (χ1n) is 6.65. The lowest BCUT2D eigenvalue weighted by Gasteiger charge is -2.09. The molecule has 0 spiro atoms. The Bertz CT molecular complexity index is 750. The molecule has 0 atom stereocenters. The fraction of sp³-hybridized carbons (Fsp3) is 0.0625. The summed E-state index contributed by atoms with van der Waals surface area (Å²) in [4.78, 5) is 12.3. The minimum atomic E-state index is 0.459. The first kappa shape index (κ1) is 13.8. The third kappa shape index (κ3) is 3.49. The van der Waals surface area contributed by atoms with Gasteiger partial charge < -0.3 is 14.8 Å². The molecule has 0 unspecified atom stereocenters. The average molecular weight is 294 g/mol. The van der Waals surface area contributed by atoms with Crippen molar-refractivity contribution in [3.63, 3.8) is 0 Å². The zero-order valence-corrected chi connectivity index (χ0v) is 11.9. The number of ether oxygens (including phenoxy) is 2. The largest absolute Gasteiger partial charge is 0.481 e. The topological polar surface area (TPSA) is 69.2 Å². The molecule has 1 N–H and O–H groups in total. The molecule has 110 valence electrons. The van der Waals surface area contributed by atoms with E-state index in [1.807, 2.05) is 24.3 Å². The van der Waals surface area contributed by atoms with Crippen LogP contribution in [0.25, 0.3) is 0 Å². The minimum Gasteiger partial charge on any atom is -0.481 e. The van der Waals surface area contributed by atoms with Crippen LogP contribution in [0.3, 0.4) is 0 Å². The SMILES string of the molecule is COc1ccnc(Nc2cccc(Oc3ccncc3)c2)n1. The van der Waals surface area contributed by atoms with Crippen molar-refractivity contribution in [2.24, 2.45) is 0 Å². The lowest BCUT2D eigenvalue weighted by molar-refractivity contribution is 0.397. The number of rotatable bonds is 5. The van der Waals surface area contributed by atoms with Crippen LogP contribution in [0.15, 0.2) is 61.1 Å². The number of benzene rings is 1. The summed E-state index contributed by atoms with van der Waals surface area (Å²) in [5, 5.41) is 3.11. The Kier molecular flexibility index (Phi) is 4.10. The molecule has 0 aliphatic carbocycles. The van der Waals surface area contributed by atoms with Crippen LogP contribution in [0.5, 0.6) is 17.4 Å². The highest BCUT2D eigenvalue weighted by Gasteiger charge is 2.02. The van der Waals surface area contributed by atoms with Crippen LogP contribution in [0.1, 0.15) is 0 Å². The van der Waals surface area contributed by atoms with Gasteiger partial charge in [0.2, 0.25) is 11.8 Å². The first-order valence-corrected chi connectivity index (χ1v) is 6.65. The third-order valence-electron chi connectivity index (χ3n) is 2.81. The summed E-state index contributed by atoms with van der Waals surface area (Å²) in [5.74, 6) is 2.39. The summed E-state index contributed by atoms with van der Waals surface area (Å²) in [7, 11) is 1.56. The van der Waals surface area contributed by atoms with Crippen LogP contribution in [-0.2, 0) is 0 Å². The zero-order valence-electron chi connectivity index (χ0n) is 11.9. The summed E-state index contributed by atoms with van der Waals surface area (Å²) in [5.41, 5.74) is 0.819. The minimum absolute atomic E-state index is 0.459. The van der Waals surface area contributed by atoms with Gasteiger partial charge in [0.1, 0.15) is 11.5 Å². The molecule has 6 nitrogen and oxygen atoms in total. The van der Waals surface area contributed by atoms with Crippen LogP contribution in [0.4, 0.5) is 11.6 Å². The molecule has 6 heteroatoms. The predicted molar refractivity (Wildman–Crippen MR) is 82.6 cm³/mol. The van der Waals surface area contributed by atoms with E-state index in [2.05, 4.69) is 20.3 Å². The van der Waals surface area contributed by atoms with Crippen LogP contribution >= 0.6 is 0 Å². The van der Waals surface area contributed by atoms with Gasteiger partial charge in [-0.2, -0.15) is 4.98 Å². The van der Waals surface area contributed by atoms with Gasteiger partial charge in [0.25, 0.3) is 0 Å². The number of hydrogen-bond donors (Lipinski definition) is 1. The van der Waals surface area contributed by atoms with Crippen LogP contribution < -0.4 is 14.8 Å². The molecule has 0 aliphatic rings. The molecular formula is C16H14N4O2. The van der Waals surface area contributed by atoms with Crippen molar-refractivity contribution in [1.82, 2.24) is 15.0 Å². The van der Waals surface area contributed by atoms with Gasteiger partial charge in [-0.3, -0.25) is 4.98 Å². The first-order chi connectivity index (χ1) is 10.8.